The molecule has 4 nitrogen and oxygen atoms in total. The third kappa shape index (κ3) is 6.75. The van der Waals surface area contributed by atoms with E-state index in [2.05, 4.69) is 5.32 Å². The smallest absolute Gasteiger partial charge is 0.408 e. The van der Waals surface area contributed by atoms with Gasteiger partial charge in [-0.1, -0.05) is 0 Å². The first-order valence-electron chi connectivity index (χ1n) is 4.33. The SMILES string of the molecule is CC(=O)O.N=C1CCCC(C(F)(F)F)N1. The molecule has 1 atom stereocenters. The zero-order chi connectivity index (χ0) is 12.1. The van der Waals surface area contributed by atoms with E-state index in [1.165, 1.54) is 0 Å². The largest absolute Gasteiger partial charge is 0.481 e. The molecule has 1 aliphatic heterocycles. The van der Waals surface area contributed by atoms with Gasteiger partial charge in [0.2, 0.25) is 0 Å². The fraction of sp³-hybridized carbons (Fsp3) is 0.750. The molecule has 1 fully saturated rings. The van der Waals surface area contributed by atoms with E-state index in [1.807, 2.05) is 0 Å². The predicted octanol–water partition coefficient (Wildman–Crippen LogP) is 1.76. The molecule has 1 saturated heterocycles. The van der Waals surface area contributed by atoms with Gasteiger partial charge in [-0.15, -0.1) is 0 Å². The van der Waals surface area contributed by atoms with Crippen molar-refractivity contribution in [1.82, 2.24) is 5.32 Å². The first-order valence-corrected chi connectivity index (χ1v) is 4.33. The van der Waals surface area contributed by atoms with E-state index in [9.17, 15) is 13.2 Å². The Bertz CT molecular complexity index is 237. The molecule has 1 aliphatic rings. The fourth-order valence-corrected chi connectivity index (χ4v) is 1.08. The van der Waals surface area contributed by atoms with Crippen LogP contribution in [0, 0.1) is 5.41 Å². The number of piperidine rings is 1. The van der Waals surface area contributed by atoms with E-state index in [4.69, 9.17) is 15.3 Å². The number of rotatable bonds is 0. The number of halogens is 3. The highest BCUT2D eigenvalue weighted by Gasteiger charge is 2.40. The lowest BCUT2D eigenvalue weighted by Gasteiger charge is -2.26. The second kappa shape index (κ2) is 5.57. The molecule has 0 amide bonds. The minimum absolute atomic E-state index is 0.00132. The van der Waals surface area contributed by atoms with Gasteiger partial charge < -0.3 is 10.4 Å². The van der Waals surface area contributed by atoms with Crippen molar-refractivity contribution in [3.05, 3.63) is 0 Å². The lowest BCUT2D eigenvalue weighted by atomic mass is 10.0. The summed E-state index contributed by atoms with van der Waals surface area (Å²) in [7, 11) is 0. The number of amidine groups is 1. The molecule has 7 heteroatoms. The van der Waals surface area contributed by atoms with E-state index in [-0.39, 0.29) is 12.3 Å². The van der Waals surface area contributed by atoms with Crippen LogP contribution in [0.15, 0.2) is 0 Å². The molecule has 0 aromatic rings. The standard InChI is InChI=1S/C6H9F3N2.C2H4O2/c7-6(8,9)4-2-1-3-5(10)11-4;1-2(3)4/h4H,1-3H2,(H2,10,11);1H3,(H,3,4). The number of hydrogen-bond donors (Lipinski definition) is 3. The minimum Gasteiger partial charge on any atom is -0.481 e. The Labute approximate surface area is 85.0 Å². The molecule has 1 rings (SSSR count). The quantitative estimate of drug-likeness (QED) is 0.589. The van der Waals surface area contributed by atoms with Crippen LogP contribution in [-0.2, 0) is 4.79 Å². The summed E-state index contributed by atoms with van der Waals surface area (Å²) in [4.78, 5) is 9.00. The van der Waals surface area contributed by atoms with Crippen molar-refractivity contribution in [2.45, 2.75) is 38.4 Å². The summed E-state index contributed by atoms with van der Waals surface area (Å²) in [6.45, 7) is 1.08. The van der Waals surface area contributed by atoms with Crippen LogP contribution in [0.5, 0.6) is 0 Å². The predicted molar refractivity (Wildman–Crippen MR) is 47.9 cm³/mol. The van der Waals surface area contributed by atoms with Crippen LogP contribution >= 0.6 is 0 Å². The van der Waals surface area contributed by atoms with Gasteiger partial charge in [-0.2, -0.15) is 13.2 Å². The van der Waals surface area contributed by atoms with Crippen LogP contribution < -0.4 is 5.32 Å². The van der Waals surface area contributed by atoms with E-state index in [0.29, 0.717) is 12.8 Å². The Morgan fingerprint density at radius 1 is 1.60 bits per heavy atom. The zero-order valence-corrected chi connectivity index (χ0v) is 8.19. The van der Waals surface area contributed by atoms with Crippen molar-refractivity contribution in [2.75, 3.05) is 0 Å². The Hall–Kier alpha value is -1.27. The Morgan fingerprint density at radius 3 is 2.33 bits per heavy atom. The average molecular weight is 226 g/mol. The van der Waals surface area contributed by atoms with E-state index >= 15 is 0 Å². The molecule has 15 heavy (non-hydrogen) atoms. The summed E-state index contributed by atoms with van der Waals surface area (Å²) in [5, 5.41) is 16.5. The number of carboxylic acid groups (broad SMARTS) is 1. The maximum absolute atomic E-state index is 12.0. The van der Waals surface area contributed by atoms with Crippen LogP contribution in [0.3, 0.4) is 0 Å². The monoisotopic (exact) mass is 226 g/mol. The molecule has 0 aromatic heterocycles. The minimum atomic E-state index is -4.20. The molecule has 0 spiro atoms. The van der Waals surface area contributed by atoms with Gasteiger partial charge >= 0.3 is 6.18 Å². The topological polar surface area (TPSA) is 73.2 Å². The molecule has 3 N–H and O–H groups in total. The number of aliphatic carboxylic acids is 1. The highest BCUT2D eigenvalue weighted by molar-refractivity contribution is 5.79. The third-order valence-electron chi connectivity index (χ3n) is 1.66. The van der Waals surface area contributed by atoms with Crippen LogP contribution in [0.2, 0.25) is 0 Å². The van der Waals surface area contributed by atoms with Gasteiger partial charge in [0.25, 0.3) is 5.97 Å². The van der Waals surface area contributed by atoms with E-state index in [1.54, 1.807) is 0 Å². The fourth-order valence-electron chi connectivity index (χ4n) is 1.08. The Morgan fingerprint density at radius 2 is 2.07 bits per heavy atom. The molecular formula is C8H13F3N2O2. The Balaban J connectivity index is 0.000000423. The number of carbonyl (C=O) groups is 1. The van der Waals surface area contributed by atoms with Gasteiger partial charge in [0.05, 0.1) is 5.84 Å². The maximum atomic E-state index is 12.0. The van der Waals surface area contributed by atoms with Crippen LogP contribution in [0.25, 0.3) is 0 Å². The number of carboxylic acids is 1. The van der Waals surface area contributed by atoms with Gasteiger partial charge in [-0.05, 0) is 12.8 Å². The van der Waals surface area contributed by atoms with Crippen molar-refractivity contribution < 1.29 is 23.1 Å². The Kier molecular flexibility index (Phi) is 5.10. The molecule has 0 bridgehead atoms. The van der Waals surface area contributed by atoms with Crippen molar-refractivity contribution in [3.8, 4) is 0 Å². The lowest BCUT2D eigenvalue weighted by Crippen LogP contribution is -2.47. The number of hydrogen-bond acceptors (Lipinski definition) is 2. The highest BCUT2D eigenvalue weighted by atomic mass is 19.4. The van der Waals surface area contributed by atoms with Gasteiger partial charge in [0.15, 0.2) is 0 Å². The molecule has 88 valence electrons. The zero-order valence-electron chi connectivity index (χ0n) is 8.19. The summed E-state index contributed by atoms with van der Waals surface area (Å²) < 4.78 is 35.9. The second-order valence-corrected chi connectivity index (χ2v) is 3.13. The molecule has 0 saturated carbocycles. The van der Waals surface area contributed by atoms with E-state index < -0.39 is 18.2 Å². The summed E-state index contributed by atoms with van der Waals surface area (Å²) in [6, 6.07) is -1.50. The van der Waals surface area contributed by atoms with Crippen LogP contribution in [0.4, 0.5) is 13.2 Å². The third-order valence-corrected chi connectivity index (χ3v) is 1.66. The van der Waals surface area contributed by atoms with Crippen molar-refractivity contribution in [2.24, 2.45) is 0 Å². The van der Waals surface area contributed by atoms with Crippen LogP contribution in [-0.4, -0.2) is 29.1 Å². The first-order chi connectivity index (χ1) is 6.73. The molecule has 0 radical (unpaired) electrons. The van der Waals surface area contributed by atoms with E-state index in [0.717, 1.165) is 6.92 Å². The second-order valence-electron chi connectivity index (χ2n) is 3.13. The number of nitrogens with one attached hydrogen (secondary N) is 2. The molecule has 0 aromatic carbocycles. The maximum Gasteiger partial charge on any atom is 0.408 e. The van der Waals surface area contributed by atoms with Crippen LogP contribution in [0.1, 0.15) is 26.2 Å². The van der Waals surface area contributed by atoms with Crippen molar-refractivity contribution in [3.63, 3.8) is 0 Å². The summed E-state index contributed by atoms with van der Waals surface area (Å²) in [5.41, 5.74) is 0. The van der Waals surface area contributed by atoms with Gasteiger partial charge in [-0.25, -0.2) is 0 Å². The normalized spacial score (nSPS) is 21.1. The molecule has 1 unspecified atom stereocenters. The summed E-state index contributed by atoms with van der Waals surface area (Å²) in [6.07, 6.45) is -3.22. The molecule has 1 heterocycles. The van der Waals surface area contributed by atoms with Gasteiger partial charge in [0, 0.05) is 13.3 Å². The summed E-state index contributed by atoms with van der Waals surface area (Å²) in [5.74, 6) is -0.835. The highest BCUT2D eigenvalue weighted by Crippen LogP contribution is 2.26. The van der Waals surface area contributed by atoms with Crippen molar-refractivity contribution >= 4 is 11.8 Å². The summed E-state index contributed by atoms with van der Waals surface area (Å²) >= 11 is 0. The first kappa shape index (κ1) is 13.7. The van der Waals surface area contributed by atoms with Gasteiger partial charge in [-0.3, -0.25) is 10.2 Å². The molecular weight excluding hydrogens is 213 g/mol. The van der Waals surface area contributed by atoms with Gasteiger partial charge in [0.1, 0.15) is 6.04 Å². The molecule has 0 aliphatic carbocycles. The average Bonchev–Trinajstić information content (AvgIpc) is 2.01. The lowest BCUT2D eigenvalue weighted by molar-refractivity contribution is -0.155. The van der Waals surface area contributed by atoms with Crippen molar-refractivity contribution in [1.29, 1.82) is 5.41 Å². The number of alkyl halides is 3.